The van der Waals surface area contributed by atoms with Crippen LogP contribution in [0.4, 0.5) is 0 Å². The van der Waals surface area contributed by atoms with Crippen molar-refractivity contribution in [2.24, 2.45) is 0 Å². The van der Waals surface area contributed by atoms with E-state index in [-0.39, 0.29) is 0 Å². The minimum absolute atomic E-state index is 0.519. The van der Waals surface area contributed by atoms with Crippen LogP contribution in [-0.2, 0) is 0 Å². The van der Waals surface area contributed by atoms with Gasteiger partial charge in [-0.05, 0) is 18.5 Å². The summed E-state index contributed by atoms with van der Waals surface area (Å²) in [7, 11) is 0. The lowest BCUT2D eigenvalue weighted by atomic mass is 10.0. The molecule has 0 bridgehead atoms. The number of rotatable bonds is 7. The van der Waals surface area contributed by atoms with Gasteiger partial charge in [0.25, 0.3) is 0 Å². The van der Waals surface area contributed by atoms with Gasteiger partial charge in [0.1, 0.15) is 0 Å². The van der Waals surface area contributed by atoms with Crippen molar-refractivity contribution in [3.63, 3.8) is 0 Å². The van der Waals surface area contributed by atoms with Gasteiger partial charge in [0.15, 0.2) is 0 Å². The van der Waals surface area contributed by atoms with Gasteiger partial charge in [-0.15, -0.1) is 0 Å². The van der Waals surface area contributed by atoms with Crippen LogP contribution < -0.4 is 5.32 Å². The summed E-state index contributed by atoms with van der Waals surface area (Å²) in [5, 5.41) is 3.63. The molecule has 0 amide bonds. The Kier molecular flexibility index (Phi) is 6.38. The molecule has 1 aliphatic rings. The van der Waals surface area contributed by atoms with E-state index >= 15 is 0 Å². The zero-order valence-electron chi connectivity index (χ0n) is 12.3. The van der Waals surface area contributed by atoms with Gasteiger partial charge in [-0.2, -0.15) is 0 Å². The molecule has 0 aliphatic carbocycles. The fourth-order valence-corrected chi connectivity index (χ4v) is 2.86. The van der Waals surface area contributed by atoms with Crippen LogP contribution in [0.15, 0.2) is 30.3 Å². The Morgan fingerprint density at radius 3 is 2.68 bits per heavy atom. The van der Waals surface area contributed by atoms with Crippen LogP contribution in [0.3, 0.4) is 0 Å². The molecule has 1 atom stereocenters. The third-order valence-electron chi connectivity index (χ3n) is 4.04. The Hall–Kier alpha value is -0.860. The van der Waals surface area contributed by atoms with Gasteiger partial charge in [-0.1, -0.05) is 62.9 Å². The van der Waals surface area contributed by atoms with Gasteiger partial charge >= 0.3 is 0 Å². The first kappa shape index (κ1) is 14.5. The van der Waals surface area contributed by atoms with Crippen LogP contribution in [0.1, 0.15) is 50.6 Å². The Labute approximate surface area is 118 Å². The molecule has 2 rings (SSSR count). The highest BCUT2D eigenvalue weighted by atomic mass is 15.2. The Bertz CT molecular complexity index is 336. The molecule has 1 heterocycles. The van der Waals surface area contributed by atoms with Crippen molar-refractivity contribution in [2.75, 3.05) is 26.2 Å². The molecule has 0 aromatic heterocycles. The second-order valence-corrected chi connectivity index (χ2v) is 5.63. The molecule has 0 radical (unpaired) electrons. The topological polar surface area (TPSA) is 15.3 Å². The number of nitrogens with zero attached hydrogens (tertiary/aromatic N) is 1. The maximum Gasteiger partial charge on any atom is 0.0449 e. The predicted molar refractivity (Wildman–Crippen MR) is 82.4 cm³/mol. The van der Waals surface area contributed by atoms with Crippen LogP contribution in [0, 0.1) is 0 Å². The van der Waals surface area contributed by atoms with Gasteiger partial charge in [-0.3, -0.25) is 0 Å². The standard InChI is InChI=1S/C17H28N2/c1-2-3-4-5-9-13-19-14-12-18-17(15-19)16-10-7-6-8-11-16/h6-8,10-11,17-18H,2-5,9,12-15H2,1H3. The van der Waals surface area contributed by atoms with E-state index in [1.807, 2.05) is 0 Å². The number of benzene rings is 1. The highest BCUT2D eigenvalue weighted by Crippen LogP contribution is 2.17. The van der Waals surface area contributed by atoms with Crippen molar-refractivity contribution in [1.82, 2.24) is 10.2 Å². The van der Waals surface area contributed by atoms with E-state index in [0.717, 1.165) is 13.1 Å². The smallest absolute Gasteiger partial charge is 0.0449 e. The minimum Gasteiger partial charge on any atom is -0.308 e. The number of unbranched alkanes of at least 4 members (excludes halogenated alkanes) is 4. The maximum absolute atomic E-state index is 3.63. The zero-order chi connectivity index (χ0) is 13.3. The molecule has 0 saturated carbocycles. The molecule has 0 spiro atoms. The third-order valence-corrected chi connectivity index (χ3v) is 4.04. The van der Waals surface area contributed by atoms with Crippen molar-refractivity contribution < 1.29 is 0 Å². The monoisotopic (exact) mass is 260 g/mol. The SMILES string of the molecule is CCCCCCCN1CCNC(c2ccccc2)C1. The predicted octanol–water partition coefficient (Wildman–Crippen LogP) is 3.60. The normalized spacial score (nSPS) is 20.6. The van der Waals surface area contributed by atoms with E-state index in [2.05, 4.69) is 47.5 Å². The highest BCUT2D eigenvalue weighted by molar-refractivity contribution is 5.19. The first-order valence-electron chi connectivity index (χ1n) is 7.91. The van der Waals surface area contributed by atoms with E-state index in [9.17, 15) is 0 Å². The average Bonchev–Trinajstić information content (AvgIpc) is 2.48. The summed E-state index contributed by atoms with van der Waals surface area (Å²) in [5.74, 6) is 0. The average molecular weight is 260 g/mol. The molecule has 1 aliphatic heterocycles. The molecule has 19 heavy (non-hydrogen) atoms. The third kappa shape index (κ3) is 4.96. The zero-order valence-corrected chi connectivity index (χ0v) is 12.3. The van der Waals surface area contributed by atoms with Crippen molar-refractivity contribution in [2.45, 2.75) is 45.1 Å². The van der Waals surface area contributed by atoms with Crippen molar-refractivity contribution in [3.05, 3.63) is 35.9 Å². The van der Waals surface area contributed by atoms with E-state index < -0.39 is 0 Å². The Balaban J connectivity index is 1.72. The van der Waals surface area contributed by atoms with Gasteiger partial charge in [0, 0.05) is 25.7 Å². The van der Waals surface area contributed by atoms with E-state index in [0.29, 0.717) is 6.04 Å². The molecule has 1 aromatic rings. The molecule has 1 saturated heterocycles. The molecular weight excluding hydrogens is 232 g/mol. The summed E-state index contributed by atoms with van der Waals surface area (Å²) in [6, 6.07) is 11.4. The van der Waals surface area contributed by atoms with Crippen LogP contribution in [0.5, 0.6) is 0 Å². The summed E-state index contributed by atoms with van der Waals surface area (Å²) in [4.78, 5) is 2.63. The second kappa shape index (κ2) is 8.34. The minimum atomic E-state index is 0.519. The fraction of sp³-hybridized carbons (Fsp3) is 0.647. The summed E-state index contributed by atoms with van der Waals surface area (Å²) in [6.45, 7) is 7.04. The summed E-state index contributed by atoms with van der Waals surface area (Å²) in [5.41, 5.74) is 1.43. The lowest BCUT2D eigenvalue weighted by Gasteiger charge is -2.34. The van der Waals surface area contributed by atoms with Gasteiger partial charge in [0.05, 0.1) is 0 Å². The fourth-order valence-electron chi connectivity index (χ4n) is 2.86. The molecule has 1 fully saturated rings. The number of hydrogen-bond donors (Lipinski definition) is 1. The number of nitrogens with one attached hydrogen (secondary N) is 1. The Morgan fingerprint density at radius 2 is 1.89 bits per heavy atom. The van der Waals surface area contributed by atoms with Crippen molar-refractivity contribution >= 4 is 0 Å². The molecule has 1 unspecified atom stereocenters. The van der Waals surface area contributed by atoms with Gasteiger partial charge < -0.3 is 10.2 Å². The van der Waals surface area contributed by atoms with Crippen LogP contribution >= 0.6 is 0 Å². The summed E-state index contributed by atoms with van der Waals surface area (Å²) in [6.07, 6.45) is 6.90. The van der Waals surface area contributed by atoms with Crippen molar-refractivity contribution in [1.29, 1.82) is 0 Å². The molecule has 106 valence electrons. The quantitative estimate of drug-likeness (QED) is 0.754. The van der Waals surface area contributed by atoms with Crippen LogP contribution in [0.25, 0.3) is 0 Å². The molecule has 1 aromatic carbocycles. The largest absolute Gasteiger partial charge is 0.308 e. The van der Waals surface area contributed by atoms with Gasteiger partial charge in [0.2, 0.25) is 0 Å². The molecule has 1 N–H and O–H groups in total. The second-order valence-electron chi connectivity index (χ2n) is 5.63. The van der Waals surface area contributed by atoms with Crippen LogP contribution in [-0.4, -0.2) is 31.1 Å². The molecular formula is C17H28N2. The highest BCUT2D eigenvalue weighted by Gasteiger charge is 2.19. The number of piperazine rings is 1. The van der Waals surface area contributed by atoms with Crippen molar-refractivity contribution in [3.8, 4) is 0 Å². The lowest BCUT2D eigenvalue weighted by Crippen LogP contribution is -2.45. The molecule has 2 heteroatoms. The van der Waals surface area contributed by atoms with Gasteiger partial charge in [-0.25, -0.2) is 0 Å². The van der Waals surface area contributed by atoms with E-state index in [4.69, 9.17) is 0 Å². The first-order valence-corrected chi connectivity index (χ1v) is 7.91. The molecule has 2 nitrogen and oxygen atoms in total. The van der Waals surface area contributed by atoms with Crippen LogP contribution in [0.2, 0.25) is 0 Å². The summed E-state index contributed by atoms with van der Waals surface area (Å²) < 4.78 is 0. The maximum atomic E-state index is 3.63. The lowest BCUT2D eigenvalue weighted by molar-refractivity contribution is 0.197. The number of hydrogen-bond acceptors (Lipinski definition) is 2. The van der Waals surface area contributed by atoms with E-state index in [1.165, 1.54) is 50.8 Å². The Morgan fingerprint density at radius 1 is 1.11 bits per heavy atom. The van der Waals surface area contributed by atoms with E-state index in [1.54, 1.807) is 0 Å². The summed E-state index contributed by atoms with van der Waals surface area (Å²) >= 11 is 0. The first-order chi connectivity index (χ1) is 9.40.